The lowest BCUT2D eigenvalue weighted by molar-refractivity contribution is 0.272. The van der Waals surface area contributed by atoms with Gasteiger partial charge in [0, 0.05) is 3.42 Å². The molecule has 0 rings (SSSR count). The monoisotopic (exact) mass is 324 g/mol. The molecule has 0 fully saturated rings. The quantitative estimate of drug-likeness (QED) is 0.393. The van der Waals surface area contributed by atoms with Gasteiger partial charge in [-0.1, -0.05) is 43.4 Å². The number of nitrogens with zero attached hydrogens (tertiary/aromatic N) is 2. The Morgan fingerprint density at radius 1 is 0.867 bits per heavy atom. The lowest BCUT2D eigenvalue weighted by Gasteiger charge is -2.35. The van der Waals surface area contributed by atoms with Crippen LogP contribution in [0, 0.1) is 5.41 Å². The van der Waals surface area contributed by atoms with Gasteiger partial charge in [0.1, 0.15) is 0 Å². The van der Waals surface area contributed by atoms with E-state index in [-0.39, 0.29) is 20.4 Å². The molecule has 0 aliphatic rings. The number of rotatable bonds is 2. The van der Waals surface area contributed by atoms with Crippen LogP contribution in [0.1, 0.15) is 55.4 Å². The molecule has 1 atom stereocenters. The number of hydrogen-bond acceptors (Lipinski definition) is 2. The fraction of sp³-hybridized carbons (Fsp3) is 1.00. The Morgan fingerprint density at radius 2 is 1.27 bits per heavy atom. The third kappa shape index (κ3) is 6.48. The Morgan fingerprint density at radius 3 is 1.47 bits per heavy atom. The van der Waals surface area contributed by atoms with Crippen LogP contribution in [0.15, 0.2) is 10.2 Å². The van der Waals surface area contributed by atoms with Gasteiger partial charge in [-0.25, -0.2) is 0 Å². The fourth-order valence-electron chi connectivity index (χ4n) is 1.57. The Balaban J connectivity index is 4.94. The molecule has 15 heavy (non-hydrogen) atoms. The van der Waals surface area contributed by atoms with E-state index in [0.29, 0.717) is 0 Å². The molecule has 0 spiro atoms. The molecule has 1 unspecified atom stereocenters. The first-order valence-electron chi connectivity index (χ1n) is 5.45. The SMILES string of the molecule is CC(C)(C)/N=N/C(C(C)(C)C)C(C)(C)I. The van der Waals surface area contributed by atoms with Crippen molar-refractivity contribution < 1.29 is 0 Å². The van der Waals surface area contributed by atoms with Crippen LogP contribution in [0.2, 0.25) is 0 Å². The van der Waals surface area contributed by atoms with E-state index in [9.17, 15) is 0 Å². The van der Waals surface area contributed by atoms with Crippen molar-refractivity contribution in [2.45, 2.75) is 70.4 Å². The van der Waals surface area contributed by atoms with E-state index < -0.39 is 0 Å². The molecule has 3 heteroatoms. The molecule has 0 aromatic carbocycles. The van der Waals surface area contributed by atoms with Crippen LogP contribution in [-0.4, -0.2) is 15.0 Å². The fourth-order valence-corrected chi connectivity index (χ4v) is 2.63. The highest BCUT2D eigenvalue weighted by Crippen LogP contribution is 2.37. The first kappa shape index (κ1) is 15.3. The minimum atomic E-state index is -0.0780. The van der Waals surface area contributed by atoms with E-state index in [4.69, 9.17) is 0 Å². The third-order valence-corrected chi connectivity index (χ3v) is 2.53. The predicted octanol–water partition coefficient (Wildman–Crippen LogP) is 4.87. The summed E-state index contributed by atoms with van der Waals surface area (Å²) in [5, 5.41) is 8.96. The van der Waals surface area contributed by atoms with Gasteiger partial charge in [-0.2, -0.15) is 10.2 Å². The molecule has 0 N–H and O–H groups in total. The topological polar surface area (TPSA) is 24.7 Å². The van der Waals surface area contributed by atoms with Gasteiger partial charge in [0.25, 0.3) is 0 Å². The molecule has 90 valence electrons. The van der Waals surface area contributed by atoms with Crippen LogP contribution in [-0.2, 0) is 0 Å². The number of halogens is 1. The molecule has 0 saturated heterocycles. The van der Waals surface area contributed by atoms with Crippen LogP contribution in [0.25, 0.3) is 0 Å². The Bertz CT molecular complexity index is 211. The van der Waals surface area contributed by atoms with E-state index in [2.05, 4.69) is 88.2 Å². The molecule has 0 bridgehead atoms. The molecule has 0 radical (unpaired) electrons. The first-order valence-corrected chi connectivity index (χ1v) is 6.53. The maximum absolute atomic E-state index is 4.56. The summed E-state index contributed by atoms with van der Waals surface area (Å²) >= 11 is 2.46. The third-order valence-electron chi connectivity index (χ3n) is 1.94. The van der Waals surface area contributed by atoms with Crippen molar-refractivity contribution in [3.05, 3.63) is 0 Å². The summed E-state index contributed by atoms with van der Waals surface area (Å²) < 4.78 is 0.130. The van der Waals surface area contributed by atoms with Crippen molar-refractivity contribution in [1.82, 2.24) is 0 Å². The van der Waals surface area contributed by atoms with Crippen molar-refractivity contribution in [2.24, 2.45) is 15.6 Å². The van der Waals surface area contributed by atoms with Gasteiger partial charge in [0.15, 0.2) is 0 Å². The second-order valence-electron chi connectivity index (χ2n) is 6.72. The molecule has 0 aromatic heterocycles. The number of alkyl halides is 1. The van der Waals surface area contributed by atoms with E-state index in [0.717, 1.165) is 0 Å². The highest BCUT2D eigenvalue weighted by atomic mass is 127. The summed E-state index contributed by atoms with van der Waals surface area (Å²) in [7, 11) is 0. The van der Waals surface area contributed by atoms with Crippen molar-refractivity contribution in [2.75, 3.05) is 0 Å². The molecular formula is C12H25IN2. The van der Waals surface area contributed by atoms with E-state index in [1.165, 1.54) is 0 Å². The number of hydrogen-bond donors (Lipinski definition) is 0. The van der Waals surface area contributed by atoms with E-state index in [1.54, 1.807) is 0 Å². The molecule has 0 aromatic rings. The van der Waals surface area contributed by atoms with Crippen LogP contribution in [0.4, 0.5) is 0 Å². The summed E-state index contributed by atoms with van der Waals surface area (Å²) in [6, 6.07) is 0.241. The van der Waals surface area contributed by atoms with Gasteiger partial charge in [0.05, 0.1) is 11.6 Å². The van der Waals surface area contributed by atoms with Gasteiger partial charge in [-0.05, 0) is 40.0 Å². The Hall–Kier alpha value is 0.330. The van der Waals surface area contributed by atoms with Crippen LogP contribution in [0.5, 0.6) is 0 Å². The minimum absolute atomic E-state index is 0.0780. The molecule has 2 nitrogen and oxygen atoms in total. The summed E-state index contributed by atoms with van der Waals surface area (Å²) in [5.41, 5.74) is 0.0742. The zero-order valence-corrected chi connectivity index (χ0v) is 13.5. The average Bonchev–Trinajstić information content (AvgIpc) is 1.75. The molecule has 0 heterocycles. The molecule has 0 saturated carbocycles. The standard InChI is InChI=1S/C12H25IN2/c1-10(2,3)9(12(7,8)13)14-15-11(4,5)6/h9H,1-8H3/b15-14+. The highest BCUT2D eigenvalue weighted by molar-refractivity contribution is 14.1. The van der Waals surface area contributed by atoms with E-state index in [1.807, 2.05) is 0 Å². The average molecular weight is 324 g/mol. The summed E-state index contributed by atoms with van der Waals surface area (Å²) in [5.74, 6) is 0. The van der Waals surface area contributed by atoms with Crippen LogP contribution < -0.4 is 0 Å². The van der Waals surface area contributed by atoms with Crippen LogP contribution in [0.3, 0.4) is 0 Å². The van der Waals surface area contributed by atoms with Gasteiger partial charge >= 0.3 is 0 Å². The molecule has 0 amide bonds. The number of azo groups is 1. The van der Waals surface area contributed by atoms with Crippen molar-refractivity contribution in [1.29, 1.82) is 0 Å². The van der Waals surface area contributed by atoms with Crippen molar-refractivity contribution in [3.8, 4) is 0 Å². The maximum atomic E-state index is 4.56. The second kappa shape index (κ2) is 4.68. The zero-order chi connectivity index (χ0) is 12.5. The molecule has 0 aliphatic heterocycles. The second-order valence-corrected chi connectivity index (χ2v) is 9.50. The maximum Gasteiger partial charge on any atom is 0.0896 e. The lowest BCUT2D eigenvalue weighted by Crippen LogP contribution is -2.39. The largest absolute Gasteiger partial charge is 0.188 e. The van der Waals surface area contributed by atoms with Gasteiger partial charge < -0.3 is 0 Å². The highest BCUT2D eigenvalue weighted by Gasteiger charge is 2.36. The normalized spacial score (nSPS) is 17.1. The smallest absolute Gasteiger partial charge is 0.0896 e. The summed E-state index contributed by atoms with van der Waals surface area (Å²) in [4.78, 5) is 0. The van der Waals surface area contributed by atoms with Gasteiger partial charge in [-0.3, -0.25) is 0 Å². The predicted molar refractivity (Wildman–Crippen MR) is 76.0 cm³/mol. The van der Waals surface area contributed by atoms with Gasteiger partial charge in [0.2, 0.25) is 0 Å². The molecule has 0 aliphatic carbocycles. The molecular weight excluding hydrogens is 299 g/mol. The Labute approximate surface area is 108 Å². The van der Waals surface area contributed by atoms with Crippen LogP contribution >= 0.6 is 22.6 Å². The minimum Gasteiger partial charge on any atom is -0.188 e. The first-order chi connectivity index (χ1) is 6.34. The van der Waals surface area contributed by atoms with Crippen molar-refractivity contribution >= 4 is 22.6 Å². The van der Waals surface area contributed by atoms with E-state index >= 15 is 0 Å². The lowest BCUT2D eigenvalue weighted by atomic mass is 9.81. The summed E-state index contributed by atoms with van der Waals surface area (Å²) in [6.07, 6.45) is 0. The zero-order valence-electron chi connectivity index (χ0n) is 11.3. The van der Waals surface area contributed by atoms with Gasteiger partial charge in [-0.15, -0.1) is 0 Å². The summed E-state index contributed by atoms with van der Waals surface area (Å²) in [6.45, 7) is 17.3. The van der Waals surface area contributed by atoms with Crippen molar-refractivity contribution in [3.63, 3.8) is 0 Å². The Kier molecular flexibility index (Phi) is 4.78.